The summed E-state index contributed by atoms with van der Waals surface area (Å²) in [5.41, 5.74) is 0.974. The largest absolute Gasteiger partial charge is 0.375 e. The van der Waals surface area contributed by atoms with Crippen molar-refractivity contribution in [2.45, 2.75) is 63.1 Å². The van der Waals surface area contributed by atoms with E-state index in [1.54, 1.807) is 12.1 Å². The number of rotatable bonds is 5. The average Bonchev–Trinajstić information content (AvgIpc) is 3.41. The summed E-state index contributed by atoms with van der Waals surface area (Å²) in [5.74, 6) is 0.495. The molecule has 0 aromatic heterocycles. The number of carbonyl (C=O) groups is 1. The minimum atomic E-state index is -0.168. The molecule has 1 amide bonds. The lowest BCUT2D eigenvalue weighted by Gasteiger charge is -2.46. The van der Waals surface area contributed by atoms with Crippen molar-refractivity contribution in [2.75, 3.05) is 19.7 Å². The Balaban J connectivity index is 1.27. The molecule has 1 N–H and O–H groups in total. The van der Waals surface area contributed by atoms with Crippen LogP contribution < -0.4 is 5.32 Å². The molecule has 2 heterocycles. The van der Waals surface area contributed by atoms with Crippen molar-refractivity contribution >= 4 is 5.91 Å². The lowest BCUT2D eigenvalue weighted by molar-refractivity contribution is -0.136. The summed E-state index contributed by atoms with van der Waals surface area (Å²) in [6, 6.07) is 7.32. The number of hydrogen-bond acceptors (Lipinski definition) is 3. The Morgan fingerprint density at radius 3 is 2.81 bits per heavy atom. The highest BCUT2D eigenvalue weighted by Gasteiger charge is 2.40. The van der Waals surface area contributed by atoms with Gasteiger partial charge in [0, 0.05) is 38.7 Å². The van der Waals surface area contributed by atoms with Gasteiger partial charge in [0.1, 0.15) is 5.82 Å². The first-order valence-electron chi connectivity index (χ1n) is 10.0. The van der Waals surface area contributed by atoms with Crippen LogP contribution in [0.1, 0.15) is 50.5 Å². The van der Waals surface area contributed by atoms with Gasteiger partial charge in [-0.2, -0.15) is 0 Å². The number of likely N-dealkylation sites (tertiary alicyclic amines) is 1. The van der Waals surface area contributed by atoms with Crippen LogP contribution in [-0.4, -0.2) is 42.1 Å². The molecule has 2 aliphatic heterocycles. The van der Waals surface area contributed by atoms with Gasteiger partial charge in [-0.15, -0.1) is 0 Å². The monoisotopic (exact) mass is 360 g/mol. The quantitative estimate of drug-likeness (QED) is 0.876. The lowest BCUT2D eigenvalue weighted by Crippen LogP contribution is -2.49. The maximum atomic E-state index is 13.4. The molecular weight excluding hydrogens is 331 g/mol. The van der Waals surface area contributed by atoms with E-state index < -0.39 is 0 Å². The van der Waals surface area contributed by atoms with E-state index in [2.05, 4.69) is 10.2 Å². The highest BCUT2D eigenvalue weighted by Crippen LogP contribution is 2.39. The Bertz CT molecular complexity index is 639. The second-order valence-corrected chi connectivity index (χ2v) is 8.34. The number of hydrogen-bond donors (Lipinski definition) is 1. The molecule has 1 unspecified atom stereocenters. The number of piperidine rings is 1. The molecule has 5 heteroatoms. The van der Waals surface area contributed by atoms with E-state index in [4.69, 9.17) is 4.74 Å². The first kappa shape index (κ1) is 17.9. The van der Waals surface area contributed by atoms with Crippen LogP contribution in [0.5, 0.6) is 0 Å². The number of carbonyl (C=O) groups excluding carboxylic acids is 1. The summed E-state index contributed by atoms with van der Waals surface area (Å²) in [6.07, 6.45) is 6.93. The minimum Gasteiger partial charge on any atom is -0.375 e. The van der Waals surface area contributed by atoms with Crippen LogP contribution in [0.2, 0.25) is 0 Å². The van der Waals surface area contributed by atoms with Gasteiger partial charge in [-0.1, -0.05) is 12.1 Å². The third kappa shape index (κ3) is 4.63. The van der Waals surface area contributed by atoms with Gasteiger partial charge in [-0.05, 0) is 62.1 Å². The maximum absolute atomic E-state index is 13.4. The molecule has 1 saturated carbocycles. The van der Waals surface area contributed by atoms with Crippen molar-refractivity contribution in [2.24, 2.45) is 5.92 Å². The molecule has 26 heavy (non-hydrogen) atoms. The van der Waals surface area contributed by atoms with Crippen LogP contribution in [0.15, 0.2) is 24.3 Å². The molecule has 2 saturated heterocycles. The van der Waals surface area contributed by atoms with E-state index in [1.807, 2.05) is 6.07 Å². The Hall–Kier alpha value is -1.46. The predicted molar refractivity (Wildman–Crippen MR) is 98.1 cm³/mol. The Morgan fingerprint density at radius 2 is 2.08 bits per heavy atom. The highest BCUT2D eigenvalue weighted by atomic mass is 19.1. The fraction of sp³-hybridized carbons (Fsp3) is 0.667. The fourth-order valence-corrected chi connectivity index (χ4v) is 4.44. The average molecular weight is 360 g/mol. The smallest absolute Gasteiger partial charge is 0.220 e. The maximum Gasteiger partial charge on any atom is 0.220 e. The molecule has 1 aromatic rings. The summed E-state index contributed by atoms with van der Waals surface area (Å²) in [4.78, 5) is 14.5. The van der Waals surface area contributed by atoms with Crippen LogP contribution >= 0.6 is 0 Å². The number of nitrogens with zero attached hydrogens (tertiary/aromatic N) is 1. The molecular formula is C21H29FN2O2. The Kier molecular flexibility index (Phi) is 5.28. The molecule has 1 atom stereocenters. The summed E-state index contributed by atoms with van der Waals surface area (Å²) >= 11 is 0. The van der Waals surface area contributed by atoms with E-state index in [1.165, 1.54) is 6.07 Å². The Labute approximate surface area is 155 Å². The molecule has 1 spiro atoms. The van der Waals surface area contributed by atoms with Gasteiger partial charge in [0.2, 0.25) is 5.91 Å². The number of halogens is 1. The summed E-state index contributed by atoms with van der Waals surface area (Å²) in [6.45, 7) is 3.50. The third-order valence-corrected chi connectivity index (χ3v) is 6.07. The standard InChI is InChI=1S/C21H29FN2O2/c22-18-3-1-2-17(12-18)15-24-9-7-21(8-10-24)14-16(6-11-26-21)13-20(25)23-19-4-5-19/h1-3,12,16,19H,4-11,13-15H2,(H,23,25). The first-order valence-corrected chi connectivity index (χ1v) is 10.0. The second kappa shape index (κ2) is 7.65. The molecule has 4 nitrogen and oxygen atoms in total. The van der Waals surface area contributed by atoms with E-state index in [9.17, 15) is 9.18 Å². The zero-order valence-corrected chi connectivity index (χ0v) is 15.4. The van der Waals surface area contributed by atoms with Gasteiger partial charge in [0.15, 0.2) is 0 Å². The minimum absolute atomic E-state index is 0.0543. The fourth-order valence-electron chi connectivity index (χ4n) is 4.44. The molecule has 1 aliphatic carbocycles. The molecule has 0 radical (unpaired) electrons. The van der Waals surface area contributed by atoms with Crippen molar-refractivity contribution < 1.29 is 13.9 Å². The highest BCUT2D eigenvalue weighted by molar-refractivity contribution is 5.76. The van der Waals surface area contributed by atoms with E-state index in [-0.39, 0.29) is 17.3 Å². The van der Waals surface area contributed by atoms with Gasteiger partial charge < -0.3 is 10.1 Å². The number of nitrogens with one attached hydrogen (secondary N) is 1. The first-order chi connectivity index (χ1) is 12.6. The zero-order chi connectivity index (χ0) is 18.0. The lowest BCUT2D eigenvalue weighted by atomic mass is 9.78. The van der Waals surface area contributed by atoms with Crippen LogP contribution in [0.3, 0.4) is 0 Å². The van der Waals surface area contributed by atoms with E-state index in [0.29, 0.717) is 18.4 Å². The van der Waals surface area contributed by atoms with Gasteiger partial charge in [0.25, 0.3) is 0 Å². The normalized spacial score (nSPS) is 26.0. The van der Waals surface area contributed by atoms with Crippen molar-refractivity contribution in [3.8, 4) is 0 Å². The van der Waals surface area contributed by atoms with E-state index >= 15 is 0 Å². The molecule has 4 rings (SSSR count). The van der Waals surface area contributed by atoms with Crippen LogP contribution in [0.25, 0.3) is 0 Å². The number of ether oxygens (including phenoxy) is 1. The van der Waals surface area contributed by atoms with Crippen molar-refractivity contribution in [3.05, 3.63) is 35.6 Å². The van der Waals surface area contributed by atoms with Crippen molar-refractivity contribution in [3.63, 3.8) is 0 Å². The zero-order valence-electron chi connectivity index (χ0n) is 15.4. The van der Waals surface area contributed by atoms with Crippen LogP contribution in [-0.2, 0) is 16.1 Å². The summed E-state index contributed by atoms with van der Waals surface area (Å²) in [7, 11) is 0. The van der Waals surface area contributed by atoms with Gasteiger partial charge in [0.05, 0.1) is 5.60 Å². The summed E-state index contributed by atoms with van der Waals surface area (Å²) in [5, 5.41) is 3.11. The topological polar surface area (TPSA) is 41.6 Å². The molecule has 3 fully saturated rings. The van der Waals surface area contributed by atoms with Crippen molar-refractivity contribution in [1.82, 2.24) is 10.2 Å². The number of amides is 1. The molecule has 1 aromatic carbocycles. The molecule has 3 aliphatic rings. The van der Waals surface area contributed by atoms with Gasteiger partial charge in [-0.3, -0.25) is 9.69 Å². The van der Waals surface area contributed by atoms with Crippen molar-refractivity contribution in [1.29, 1.82) is 0 Å². The summed E-state index contributed by atoms with van der Waals surface area (Å²) < 4.78 is 19.6. The predicted octanol–water partition coefficient (Wildman–Crippen LogP) is 3.26. The SMILES string of the molecule is O=C(CC1CCOC2(CCN(Cc3cccc(F)c3)CC2)C1)NC1CC1. The number of benzene rings is 1. The van der Waals surface area contributed by atoms with Crippen LogP contribution in [0, 0.1) is 11.7 Å². The van der Waals surface area contributed by atoms with Gasteiger partial charge in [-0.25, -0.2) is 4.39 Å². The second-order valence-electron chi connectivity index (χ2n) is 8.34. The molecule has 0 bridgehead atoms. The molecule has 142 valence electrons. The third-order valence-electron chi connectivity index (χ3n) is 6.07. The Morgan fingerprint density at radius 1 is 1.27 bits per heavy atom. The van der Waals surface area contributed by atoms with Gasteiger partial charge >= 0.3 is 0 Å². The van der Waals surface area contributed by atoms with E-state index in [0.717, 1.165) is 70.3 Å². The van der Waals surface area contributed by atoms with Crippen LogP contribution in [0.4, 0.5) is 4.39 Å².